The average Bonchev–Trinajstić information content (AvgIpc) is 3.20. The van der Waals surface area contributed by atoms with Gasteiger partial charge in [0.25, 0.3) is 0 Å². The molecule has 1 heterocycles. The fourth-order valence-corrected chi connectivity index (χ4v) is 4.11. The van der Waals surface area contributed by atoms with E-state index in [2.05, 4.69) is 15.5 Å². The molecule has 31 heavy (non-hydrogen) atoms. The van der Waals surface area contributed by atoms with Crippen LogP contribution >= 0.6 is 11.8 Å². The summed E-state index contributed by atoms with van der Waals surface area (Å²) < 4.78 is 1.95. The maximum Gasteiger partial charge on any atom is 0.234 e. The van der Waals surface area contributed by atoms with Crippen molar-refractivity contribution in [2.75, 3.05) is 16.8 Å². The van der Waals surface area contributed by atoms with Crippen molar-refractivity contribution in [3.05, 3.63) is 83.9 Å². The standard InChI is InChI=1S/C24H23N5OS/c1-16-8-6-9-17(2)22(16)26-21(30)15-31-24-28-27-23(18-10-7-11-19(25)14-18)29(24)20-12-4-3-5-13-20/h3-14H,15,25H2,1-2H3,(H,26,30). The number of nitrogen functional groups attached to an aromatic ring is 1. The number of aryl methyl sites for hydroxylation is 2. The lowest BCUT2D eigenvalue weighted by atomic mass is 10.1. The Morgan fingerprint density at radius 1 is 0.968 bits per heavy atom. The zero-order valence-electron chi connectivity index (χ0n) is 17.4. The number of carbonyl (C=O) groups is 1. The fraction of sp³-hybridized carbons (Fsp3) is 0.125. The number of aromatic nitrogens is 3. The first-order chi connectivity index (χ1) is 15.0. The van der Waals surface area contributed by atoms with Crippen LogP contribution in [0.3, 0.4) is 0 Å². The molecule has 4 rings (SSSR count). The van der Waals surface area contributed by atoms with Crippen molar-refractivity contribution in [3.63, 3.8) is 0 Å². The summed E-state index contributed by atoms with van der Waals surface area (Å²) in [6.07, 6.45) is 0. The van der Waals surface area contributed by atoms with E-state index >= 15 is 0 Å². The van der Waals surface area contributed by atoms with E-state index in [-0.39, 0.29) is 11.7 Å². The first-order valence-corrected chi connectivity index (χ1v) is 10.9. The number of amides is 1. The lowest BCUT2D eigenvalue weighted by molar-refractivity contribution is -0.113. The highest BCUT2D eigenvalue weighted by Crippen LogP contribution is 2.29. The van der Waals surface area contributed by atoms with Gasteiger partial charge in [0.2, 0.25) is 5.91 Å². The van der Waals surface area contributed by atoms with Gasteiger partial charge < -0.3 is 11.1 Å². The largest absolute Gasteiger partial charge is 0.399 e. The summed E-state index contributed by atoms with van der Waals surface area (Å²) >= 11 is 1.35. The van der Waals surface area contributed by atoms with Crippen molar-refractivity contribution >= 4 is 29.0 Å². The molecule has 3 aromatic carbocycles. The quantitative estimate of drug-likeness (QED) is 0.338. The van der Waals surface area contributed by atoms with Crippen LogP contribution in [-0.4, -0.2) is 26.4 Å². The highest BCUT2D eigenvalue weighted by Gasteiger charge is 2.18. The number of benzene rings is 3. The molecule has 0 aliphatic rings. The second-order valence-electron chi connectivity index (χ2n) is 7.21. The normalized spacial score (nSPS) is 10.8. The minimum Gasteiger partial charge on any atom is -0.399 e. The molecule has 0 aliphatic heterocycles. The molecule has 7 heteroatoms. The Bertz CT molecular complexity index is 1200. The van der Waals surface area contributed by atoms with Crippen molar-refractivity contribution in [2.24, 2.45) is 0 Å². The van der Waals surface area contributed by atoms with Crippen LogP contribution in [0.5, 0.6) is 0 Å². The Kier molecular flexibility index (Phi) is 6.04. The summed E-state index contributed by atoms with van der Waals surface area (Å²) in [4.78, 5) is 12.7. The maximum absolute atomic E-state index is 12.7. The summed E-state index contributed by atoms with van der Waals surface area (Å²) in [6, 6.07) is 23.3. The Balaban J connectivity index is 1.61. The predicted molar refractivity (Wildman–Crippen MR) is 126 cm³/mol. The molecule has 0 unspecified atom stereocenters. The number of para-hydroxylation sites is 2. The Hall–Kier alpha value is -3.58. The van der Waals surface area contributed by atoms with Crippen LogP contribution in [0.4, 0.5) is 11.4 Å². The third kappa shape index (κ3) is 4.62. The Morgan fingerprint density at radius 3 is 2.39 bits per heavy atom. The smallest absolute Gasteiger partial charge is 0.234 e. The van der Waals surface area contributed by atoms with Crippen molar-refractivity contribution in [1.29, 1.82) is 0 Å². The van der Waals surface area contributed by atoms with Gasteiger partial charge in [-0.2, -0.15) is 0 Å². The fourth-order valence-electron chi connectivity index (χ4n) is 3.36. The first kappa shape index (κ1) is 20.7. The predicted octanol–water partition coefficient (Wildman–Crippen LogP) is 4.86. The third-order valence-corrected chi connectivity index (χ3v) is 5.80. The molecule has 156 valence electrons. The summed E-state index contributed by atoms with van der Waals surface area (Å²) in [6.45, 7) is 3.97. The minimum atomic E-state index is -0.0875. The van der Waals surface area contributed by atoms with Gasteiger partial charge in [-0.15, -0.1) is 10.2 Å². The number of carbonyl (C=O) groups excluding carboxylic acids is 1. The zero-order chi connectivity index (χ0) is 21.8. The molecule has 0 spiro atoms. The van der Waals surface area contributed by atoms with Gasteiger partial charge in [-0.25, -0.2) is 0 Å². The van der Waals surface area contributed by atoms with Gasteiger partial charge in [0, 0.05) is 22.6 Å². The number of hydrogen-bond acceptors (Lipinski definition) is 5. The van der Waals surface area contributed by atoms with Gasteiger partial charge in [-0.3, -0.25) is 9.36 Å². The van der Waals surface area contributed by atoms with E-state index < -0.39 is 0 Å². The molecule has 1 aromatic heterocycles. The van der Waals surface area contributed by atoms with Crippen LogP contribution in [0.1, 0.15) is 11.1 Å². The zero-order valence-corrected chi connectivity index (χ0v) is 18.2. The van der Waals surface area contributed by atoms with Crippen molar-refractivity contribution in [2.45, 2.75) is 19.0 Å². The molecule has 0 aliphatic carbocycles. The summed E-state index contributed by atoms with van der Waals surface area (Å²) in [7, 11) is 0. The molecular formula is C24H23N5OS. The van der Waals surface area contributed by atoms with Crippen molar-refractivity contribution < 1.29 is 4.79 Å². The van der Waals surface area contributed by atoms with Gasteiger partial charge in [-0.1, -0.05) is 60.3 Å². The van der Waals surface area contributed by atoms with Gasteiger partial charge in [0.05, 0.1) is 5.75 Å². The molecule has 0 atom stereocenters. The van der Waals surface area contributed by atoms with Gasteiger partial charge in [0.15, 0.2) is 11.0 Å². The number of nitrogens with zero attached hydrogens (tertiary/aromatic N) is 3. The second kappa shape index (κ2) is 9.06. The molecule has 0 saturated heterocycles. The number of thioether (sulfide) groups is 1. The summed E-state index contributed by atoms with van der Waals surface area (Å²) in [5.74, 6) is 0.807. The molecule has 1 amide bonds. The lowest BCUT2D eigenvalue weighted by Gasteiger charge is -2.12. The van der Waals surface area contributed by atoms with E-state index in [1.54, 1.807) is 0 Å². The highest BCUT2D eigenvalue weighted by molar-refractivity contribution is 7.99. The monoisotopic (exact) mass is 429 g/mol. The van der Waals surface area contributed by atoms with Crippen LogP contribution in [0.25, 0.3) is 17.1 Å². The number of anilines is 2. The average molecular weight is 430 g/mol. The summed E-state index contributed by atoms with van der Waals surface area (Å²) in [5.41, 5.74) is 11.3. The number of hydrogen-bond donors (Lipinski definition) is 2. The SMILES string of the molecule is Cc1cccc(C)c1NC(=O)CSc1nnc(-c2cccc(N)c2)n1-c1ccccc1. The molecular weight excluding hydrogens is 406 g/mol. The maximum atomic E-state index is 12.7. The van der Waals surface area contributed by atoms with E-state index in [0.717, 1.165) is 28.1 Å². The van der Waals surface area contributed by atoms with Crippen LogP contribution in [-0.2, 0) is 4.79 Å². The highest BCUT2D eigenvalue weighted by atomic mass is 32.2. The molecule has 6 nitrogen and oxygen atoms in total. The van der Waals surface area contributed by atoms with Gasteiger partial charge >= 0.3 is 0 Å². The number of rotatable bonds is 6. The molecule has 0 saturated carbocycles. The summed E-state index contributed by atoms with van der Waals surface area (Å²) in [5, 5.41) is 12.4. The van der Waals surface area contributed by atoms with Crippen LogP contribution in [0, 0.1) is 13.8 Å². The number of nitrogens with one attached hydrogen (secondary N) is 1. The lowest BCUT2D eigenvalue weighted by Crippen LogP contribution is -2.16. The first-order valence-electron chi connectivity index (χ1n) is 9.88. The Morgan fingerprint density at radius 2 is 1.68 bits per heavy atom. The third-order valence-electron chi connectivity index (χ3n) is 4.87. The van der Waals surface area contributed by atoms with E-state index in [4.69, 9.17) is 5.73 Å². The van der Waals surface area contributed by atoms with E-state index in [1.807, 2.05) is 91.2 Å². The molecule has 4 aromatic rings. The van der Waals surface area contributed by atoms with E-state index in [1.165, 1.54) is 11.8 Å². The topological polar surface area (TPSA) is 85.8 Å². The molecule has 0 fully saturated rings. The Labute approximate surface area is 185 Å². The van der Waals surface area contributed by atoms with E-state index in [9.17, 15) is 4.79 Å². The van der Waals surface area contributed by atoms with Crippen LogP contribution in [0.15, 0.2) is 78.0 Å². The van der Waals surface area contributed by atoms with Crippen molar-refractivity contribution in [1.82, 2.24) is 14.8 Å². The van der Waals surface area contributed by atoms with E-state index in [0.29, 0.717) is 16.7 Å². The number of nitrogens with two attached hydrogens (primary N) is 1. The van der Waals surface area contributed by atoms with Crippen LogP contribution in [0.2, 0.25) is 0 Å². The van der Waals surface area contributed by atoms with Gasteiger partial charge in [-0.05, 0) is 49.2 Å². The van der Waals surface area contributed by atoms with Crippen molar-refractivity contribution in [3.8, 4) is 17.1 Å². The molecule has 0 bridgehead atoms. The second-order valence-corrected chi connectivity index (χ2v) is 8.15. The van der Waals surface area contributed by atoms with Crippen LogP contribution < -0.4 is 11.1 Å². The minimum absolute atomic E-state index is 0.0875. The van der Waals surface area contributed by atoms with Gasteiger partial charge in [0.1, 0.15) is 0 Å². The molecule has 0 radical (unpaired) electrons. The molecule has 3 N–H and O–H groups in total.